The monoisotopic (exact) mass is 415 g/mol. The van der Waals surface area contributed by atoms with Crippen molar-refractivity contribution in [2.75, 3.05) is 25.3 Å². The molecule has 158 valence electrons. The second kappa shape index (κ2) is 9.38. The van der Waals surface area contributed by atoms with E-state index in [9.17, 15) is 0 Å². The summed E-state index contributed by atoms with van der Waals surface area (Å²) in [6.45, 7) is 1.35. The highest BCUT2D eigenvalue weighted by Crippen LogP contribution is 2.29. The van der Waals surface area contributed by atoms with Gasteiger partial charge in [0, 0.05) is 36.5 Å². The number of nitrogens with one attached hydrogen (secondary N) is 1. The summed E-state index contributed by atoms with van der Waals surface area (Å²) in [5, 5.41) is 2.53. The topological polar surface area (TPSA) is 110 Å². The van der Waals surface area contributed by atoms with Crippen LogP contribution < -0.4 is 15.6 Å². The number of nitrogens with zero attached hydrogens (tertiary/aromatic N) is 4. The molecule has 8 heteroatoms. The zero-order valence-corrected chi connectivity index (χ0v) is 17.2. The molecule has 0 bridgehead atoms. The van der Waals surface area contributed by atoms with Gasteiger partial charge in [0.1, 0.15) is 12.4 Å². The molecule has 3 aromatic heterocycles. The quantitative estimate of drug-likeness (QED) is 0.260. The Bertz CT molecular complexity index is 1170. The van der Waals surface area contributed by atoms with Crippen molar-refractivity contribution >= 4 is 22.4 Å². The van der Waals surface area contributed by atoms with Crippen LogP contribution in [0.3, 0.4) is 0 Å². The number of pyridine rings is 3. The molecule has 0 radical (unpaired) electrons. The zero-order chi connectivity index (χ0) is 21.6. The van der Waals surface area contributed by atoms with Crippen molar-refractivity contribution in [2.24, 2.45) is 5.84 Å². The normalized spacial score (nSPS) is 10.9. The van der Waals surface area contributed by atoms with E-state index in [1.807, 2.05) is 36.4 Å². The number of rotatable bonds is 8. The van der Waals surface area contributed by atoms with Crippen LogP contribution in [-0.4, -0.2) is 35.3 Å². The van der Waals surface area contributed by atoms with Crippen molar-refractivity contribution in [1.82, 2.24) is 15.0 Å². The lowest BCUT2D eigenvalue weighted by Gasteiger charge is -2.23. The lowest BCUT2D eigenvalue weighted by Crippen LogP contribution is -2.31. The molecule has 0 aliphatic heterocycles. The van der Waals surface area contributed by atoms with Gasteiger partial charge in [0.15, 0.2) is 0 Å². The Kier molecular flexibility index (Phi) is 6.21. The number of hydrogen-bond acceptors (Lipinski definition) is 7. The van der Waals surface area contributed by atoms with Crippen molar-refractivity contribution < 1.29 is 9.47 Å². The van der Waals surface area contributed by atoms with Crippen LogP contribution in [0.5, 0.6) is 5.88 Å². The summed E-state index contributed by atoms with van der Waals surface area (Å²) in [7, 11) is 1.62. The summed E-state index contributed by atoms with van der Waals surface area (Å²) < 4.78 is 10.5. The van der Waals surface area contributed by atoms with Crippen molar-refractivity contribution in [3.8, 4) is 17.1 Å². The number of nitrogens with two attached hydrogens (primary N) is 1. The zero-order valence-electron chi connectivity index (χ0n) is 17.2. The molecule has 8 nitrogen and oxygen atoms in total. The number of aromatic nitrogens is 3. The maximum Gasteiger partial charge on any atom is 0.213 e. The Hall–Kier alpha value is -3.75. The molecule has 0 atom stereocenters. The van der Waals surface area contributed by atoms with Gasteiger partial charge in [-0.1, -0.05) is 23.9 Å². The molecule has 3 heterocycles. The van der Waals surface area contributed by atoms with Crippen molar-refractivity contribution in [1.29, 1.82) is 0 Å². The minimum Gasteiger partial charge on any atom is -0.696 e. The number of methoxy groups -OCH3 is 1. The number of fused-ring (bicyclic) bond motifs is 1. The molecule has 0 fully saturated rings. The predicted octanol–water partition coefficient (Wildman–Crippen LogP) is 4.28. The highest BCUT2D eigenvalue weighted by Gasteiger charge is 2.09. The SMILES string of the molecule is COCCOc1ccc(-c2ccc([NH-])c(N(N)Cc3ccc4ncccc4c3)n2)cn1. The smallest absolute Gasteiger partial charge is 0.213 e. The third kappa shape index (κ3) is 4.88. The molecule has 0 amide bonds. The van der Waals surface area contributed by atoms with Crippen LogP contribution in [0.1, 0.15) is 5.56 Å². The van der Waals surface area contributed by atoms with Gasteiger partial charge >= 0.3 is 0 Å². The average Bonchev–Trinajstić information content (AvgIpc) is 2.80. The maximum absolute atomic E-state index is 8.24. The van der Waals surface area contributed by atoms with Gasteiger partial charge in [-0.2, -0.15) is 0 Å². The van der Waals surface area contributed by atoms with Crippen LogP contribution in [0, 0.1) is 0 Å². The molecule has 0 aliphatic rings. The minimum atomic E-state index is 0.251. The minimum absolute atomic E-state index is 0.251. The summed E-state index contributed by atoms with van der Waals surface area (Å²) in [6.07, 6.45) is 3.46. The molecule has 4 rings (SSSR count). The standard InChI is InChI=1S/C23H23N6O2/c1-30-11-12-31-22-9-5-18(14-27-22)21-8-6-19(24)23(28-21)29(25)15-16-4-7-20-17(13-16)3-2-10-26-20/h2-10,13-14,24H,11-12,15,25H2,1H3/q-1. The Morgan fingerprint density at radius 1 is 1.03 bits per heavy atom. The molecule has 0 saturated carbocycles. The molecule has 4 aromatic rings. The van der Waals surface area contributed by atoms with Crippen molar-refractivity contribution in [2.45, 2.75) is 6.54 Å². The molecule has 0 spiro atoms. The lowest BCUT2D eigenvalue weighted by atomic mass is 10.1. The van der Waals surface area contributed by atoms with E-state index in [0.717, 1.165) is 22.0 Å². The fraction of sp³-hybridized carbons (Fsp3) is 0.174. The maximum atomic E-state index is 8.24. The first kappa shape index (κ1) is 20.5. The van der Waals surface area contributed by atoms with E-state index < -0.39 is 0 Å². The van der Waals surface area contributed by atoms with E-state index in [0.29, 0.717) is 37.2 Å². The first-order valence-electron chi connectivity index (χ1n) is 9.81. The Balaban J connectivity index is 1.52. The van der Waals surface area contributed by atoms with E-state index in [1.165, 1.54) is 5.01 Å². The molecule has 0 aliphatic carbocycles. The third-order valence-electron chi connectivity index (χ3n) is 4.74. The van der Waals surface area contributed by atoms with Gasteiger partial charge in [-0.25, -0.2) is 15.8 Å². The number of hydrazine groups is 1. The Morgan fingerprint density at radius 3 is 2.74 bits per heavy atom. The van der Waals surface area contributed by atoms with E-state index in [-0.39, 0.29) is 5.69 Å². The highest BCUT2D eigenvalue weighted by molar-refractivity contribution is 5.79. The van der Waals surface area contributed by atoms with E-state index >= 15 is 0 Å². The number of ether oxygens (including phenoxy) is 2. The fourth-order valence-corrected chi connectivity index (χ4v) is 3.17. The Labute approximate surface area is 180 Å². The van der Waals surface area contributed by atoms with Gasteiger partial charge in [-0.05, 0) is 35.9 Å². The van der Waals surface area contributed by atoms with Gasteiger partial charge in [0.25, 0.3) is 0 Å². The van der Waals surface area contributed by atoms with E-state index in [4.69, 9.17) is 21.1 Å². The molecule has 1 aromatic carbocycles. The van der Waals surface area contributed by atoms with Gasteiger partial charge < -0.3 is 15.2 Å². The summed E-state index contributed by atoms with van der Waals surface area (Å²) in [4.78, 5) is 13.2. The van der Waals surface area contributed by atoms with Crippen LogP contribution in [-0.2, 0) is 11.3 Å². The first-order chi connectivity index (χ1) is 15.1. The van der Waals surface area contributed by atoms with Crippen LogP contribution in [0.25, 0.3) is 27.9 Å². The van der Waals surface area contributed by atoms with Crippen molar-refractivity contribution in [3.63, 3.8) is 0 Å². The number of hydrogen-bond donors (Lipinski definition) is 1. The predicted molar refractivity (Wildman–Crippen MR) is 121 cm³/mol. The third-order valence-corrected chi connectivity index (χ3v) is 4.74. The first-order valence-corrected chi connectivity index (χ1v) is 9.81. The van der Waals surface area contributed by atoms with Gasteiger partial charge in [-0.15, -0.1) is 0 Å². The molecule has 0 saturated heterocycles. The second-order valence-corrected chi connectivity index (χ2v) is 6.95. The Morgan fingerprint density at radius 2 is 1.94 bits per heavy atom. The van der Waals surface area contributed by atoms with Gasteiger partial charge in [0.2, 0.25) is 5.88 Å². The highest BCUT2D eigenvalue weighted by atomic mass is 16.5. The largest absolute Gasteiger partial charge is 0.696 e. The molecule has 3 N–H and O–H groups in total. The van der Waals surface area contributed by atoms with Gasteiger partial charge in [0.05, 0.1) is 24.4 Å². The van der Waals surface area contributed by atoms with E-state index in [2.05, 4.69) is 15.0 Å². The molecular formula is C23H23N6O2-. The summed E-state index contributed by atoms with van der Waals surface area (Å²) in [6, 6.07) is 17.0. The van der Waals surface area contributed by atoms with Gasteiger partial charge in [-0.3, -0.25) is 9.99 Å². The second-order valence-electron chi connectivity index (χ2n) is 6.95. The van der Waals surface area contributed by atoms with Crippen molar-refractivity contribution in [3.05, 3.63) is 78.3 Å². The van der Waals surface area contributed by atoms with E-state index in [1.54, 1.807) is 37.7 Å². The van der Waals surface area contributed by atoms with Crippen LogP contribution in [0.15, 0.2) is 67.0 Å². The molecule has 0 unspecified atom stereocenters. The average molecular weight is 415 g/mol. The molecule has 31 heavy (non-hydrogen) atoms. The van der Waals surface area contributed by atoms with Crippen LogP contribution in [0.4, 0.5) is 11.5 Å². The van der Waals surface area contributed by atoms with Crippen LogP contribution >= 0.6 is 0 Å². The fourth-order valence-electron chi connectivity index (χ4n) is 3.17. The summed E-state index contributed by atoms with van der Waals surface area (Å²) in [5.41, 5.74) is 11.9. The summed E-state index contributed by atoms with van der Waals surface area (Å²) >= 11 is 0. The van der Waals surface area contributed by atoms with Crippen LogP contribution in [0.2, 0.25) is 0 Å². The summed E-state index contributed by atoms with van der Waals surface area (Å²) in [5.74, 6) is 7.21. The number of anilines is 1. The molecular weight excluding hydrogens is 392 g/mol. The lowest BCUT2D eigenvalue weighted by molar-refractivity contribution is 0.144. The number of benzene rings is 1.